The SMILES string of the molecule is Cc1cc(COCC2(c3ccc(F)cc3)CCNCC2)c2ncccc2c1. The zero-order valence-electron chi connectivity index (χ0n) is 15.7. The van der Waals surface area contributed by atoms with Crippen LogP contribution in [0.15, 0.2) is 54.7 Å². The van der Waals surface area contributed by atoms with Gasteiger partial charge in [0.1, 0.15) is 5.82 Å². The second-order valence-electron chi connectivity index (χ2n) is 7.53. The van der Waals surface area contributed by atoms with Gasteiger partial charge in [-0.15, -0.1) is 0 Å². The van der Waals surface area contributed by atoms with E-state index in [0.717, 1.165) is 48.0 Å². The minimum absolute atomic E-state index is 0.0635. The van der Waals surface area contributed by atoms with Crippen LogP contribution in [0.1, 0.15) is 29.5 Å². The van der Waals surface area contributed by atoms with E-state index in [2.05, 4.69) is 35.4 Å². The lowest BCUT2D eigenvalue weighted by molar-refractivity contribution is 0.0569. The van der Waals surface area contributed by atoms with Gasteiger partial charge in [-0.25, -0.2) is 4.39 Å². The molecule has 0 aliphatic carbocycles. The van der Waals surface area contributed by atoms with Gasteiger partial charge in [-0.05, 0) is 62.7 Å². The number of halogens is 1. The smallest absolute Gasteiger partial charge is 0.123 e. The Kier molecular flexibility index (Phi) is 5.19. The Labute approximate surface area is 159 Å². The highest BCUT2D eigenvalue weighted by atomic mass is 19.1. The molecule has 1 aromatic heterocycles. The number of aromatic nitrogens is 1. The monoisotopic (exact) mass is 364 g/mol. The van der Waals surface area contributed by atoms with Crippen LogP contribution in [-0.2, 0) is 16.8 Å². The van der Waals surface area contributed by atoms with E-state index in [4.69, 9.17) is 4.74 Å². The number of benzene rings is 2. The minimum atomic E-state index is -0.193. The third-order valence-electron chi connectivity index (χ3n) is 5.58. The van der Waals surface area contributed by atoms with Crippen molar-refractivity contribution < 1.29 is 9.13 Å². The lowest BCUT2D eigenvalue weighted by Gasteiger charge is -2.38. The molecule has 140 valence electrons. The maximum atomic E-state index is 13.4. The van der Waals surface area contributed by atoms with Crippen molar-refractivity contribution in [3.63, 3.8) is 0 Å². The zero-order valence-corrected chi connectivity index (χ0v) is 15.7. The van der Waals surface area contributed by atoms with Crippen molar-refractivity contribution in [2.24, 2.45) is 0 Å². The molecule has 0 saturated carbocycles. The lowest BCUT2D eigenvalue weighted by Crippen LogP contribution is -2.43. The van der Waals surface area contributed by atoms with E-state index in [9.17, 15) is 4.39 Å². The number of pyridine rings is 1. The highest BCUT2D eigenvalue weighted by Gasteiger charge is 2.34. The van der Waals surface area contributed by atoms with Gasteiger partial charge < -0.3 is 10.1 Å². The average molecular weight is 364 g/mol. The van der Waals surface area contributed by atoms with Crippen molar-refractivity contribution in [1.82, 2.24) is 10.3 Å². The Morgan fingerprint density at radius 2 is 1.89 bits per heavy atom. The first-order chi connectivity index (χ1) is 13.2. The largest absolute Gasteiger partial charge is 0.376 e. The average Bonchev–Trinajstić information content (AvgIpc) is 2.69. The van der Waals surface area contributed by atoms with Crippen molar-refractivity contribution in [3.05, 3.63) is 77.2 Å². The second kappa shape index (κ2) is 7.75. The van der Waals surface area contributed by atoms with E-state index in [-0.39, 0.29) is 11.2 Å². The molecule has 0 amide bonds. The van der Waals surface area contributed by atoms with Gasteiger partial charge in [0.15, 0.2) is 0 Å². The minimum Gasteiger partial charge on any atom is -0.376 e. The molecule has 0 radical (unpaired) electrons. The summed E-state index contributed by atoms with van der Waals surface area (Å²) in [5.74, 6) is -0.193. The van der Waals surface area contributed by atoms with E-state index in [1.807, 2.05) is 24.4 Å². The fraction of sp³-hybridized carbons (Fsp3) is 0.348. The third-order valence-corrected chi connectivity index (χ3v) is 5.58. The Hall–Kier alpha value is -2.30. The van der Waals surface area contributed by atoms with E-state index in [1.54, 1.807) is 12.1 Å². The summed E-state index contributed by atoms with van der Waals surface area (Å²) in [6.07, 6.45) is 3.81. The molecule has 1 fully saturated rings. The highest BCUT2D eigenvalue weighted by molar-refractivity contribution is 5.82. The first kappa shape index (κ1) is 18.1. The van der Waals surface area contributed by atoms with E-state index in [0.29, 0.717) is 13.2 Å². The van der Waals surface area contributed by atoms with Crippen molar-refractivity contribution in [2.45, 2.75) is 31.8 Å². The molecular formula is C23H25FN2O. The van der Waals surface area contributed by atoms with Gasteiger partial charge in [-0.3, -0.25) is 4.98 Å². The maximum Gasteiger partial charge on any atom is 0.123 e. The van der Waals surface area contributed by atoms with Crippen LogP contribution in [0, 0.1) is 12.7 Å². The normalized spacial score (nSPS) is 16.5. The van der Waals surface area contributed by atoms with Crippen LogP contribution in [-0.4, -0.2) is 24.7 Å². The van der Waals surface area contributed by atoms with Crippen LogP contribution in [0.4, 0.5) is 4.39 Å². The molecule has 3 aromatic rings. The first-order valence-corrected chi connectivity index (χ1v) is 9.55. The van der Waals surface area contributed by atoms with E-state index in [1.165, 1.54) is 5.56 Å². The summed E-state index contributed by atoms with van der Waals surface area (Å²) in [4.78, 5) is 4.54. The Morgan fingerprint density at radius 1 is 1.11 bits per heavy atom. The zero-order chi connectivity index (χ0) is 18.7. The summed E-state index contributed by atoms with van der Waals surface area (Å²) in [6.45, 7) is 5.17. The predicted octanol–water partition coefficient (Wildman–Crippen LogP) is 4.52. The third kappa shape index (κ3) is 3.87. The van der Waals surface area contributed by atoms with Gasteiger partial charge in [0, 0.05) is 22.6 Å². The topological polar surface area (TPSA) is 34.1 Å². The van der Waals surface area contributed by atoms with Crippen molar-refractivity contribution in [1.29, 1.82) is 0 Å². The molecule has 0 atom stereocenters. The summed E-state index contributed by atoms with van der Waals surface area (Å²) >= 11 is 0. The fourth-order valence-corrected chi connectivity index (χ4v) is 4.12. The number of hydrogen-bond donors (Lipinski definition) is 1. The second-order valence-corrected chi connectivity index (χ2v) is 7.53. The Bertz CT molecular complexity index is 917. The standard InChI is InChI=1S/C23H25FN2O/c1-17-13-18-3-2-10-26-22(18)19(14-17)15-27-16-23(8-11-25-12-9-23)20-4-6-21(24)7-5-20/h2-7,10,13-14,25H,8-9,11-12,15-16H2,1H3. The van der Waals surface area contributed by atoms with E-state index >= 15 is 0 Å². The van der Waals surface area contributed by atoms with Crippen LogP contribution in [0.2, 0.25) is 0 Å². The molecule has 2 heterocycles. The number of piperidine rings is 1. The molecule has 3 nitrogen and oxygen atoms in total. The van der Waals surface area contributed by atoms with Crippen LogP contribution >= 0.6 is 0 Å². The Morgan fingerprint density at radius 3 is 2.67 bits per heavy atom. The maximum absolute atomic E-state index is 13.4. The number of fused-ring (bicyclic) bond motifs is 1. The molecule has 1 aliphatic rings. The Balaban J connectivity index is 1.55. The number of nitrogens with one attached hydrogen (secondary N) is 1. The van der Waals surface area contributed by atoms with Crippen LogP contribution in [0.3, 0.4) is 0 Å². The molecule has 0 unspecified atom stereocenters. The number of rotatable bonds is 5. The molecule has 0 spiro atoms. The van der Waals surface area contributed by atoms with E-state index < -0.39 is 0 Å². The lowest BCUT2D eigenvalue weighted by atomic mass is 9.74. The predicted molar refractivity (Wildman–Crippen MR) is 106 cm³/mol. The number of nitrogens with zero attached hydrogens (tertiary/aromatic N) is 1. The van der Waals surface area contributed by atoms with Gasteiger partial charge in [-0.2, -0.15) is 0 Å². The molecule has 0 bridgehead atoms. The van der Waals surface area contributed by atoms with Gasteiger partial charge in [0.2, 0.25) is 0 Å². The molecule has 1 saturated heterocycles. The molecule has 4 rings (SSSR count). The molecule has 1 aliphatic heterocycles. The van der Waals surface area contributed by atoms with Crippen molar-refractivity contribution in [3.8, 4) is 0 Å². The first-order valence-electron chi connectivity index (χ1n) is 9.55. The summed E-state index contributed by atoms with van der Waals surface area (Å²) < 4.78 is 19.6. The molecular weight excluding hydrogens is 339 g/mol. The quantitative estimate of drug-likeness (QED) is 0.723. The molecule has 27 heavy (non-hydrogen) atoms. The molecule has 2 aromatic carbocycles. The van der Waals surface area contributed by atoms with Gasteiger partial charge in [-0.1, -0.05) is 29.8 Å². The number of hydrogen-bond acceptors (Lipinski definition) is 3. The van der Waals surface area contributed by atoms with Gasteiger partial charge in [0.25, 0.3) is 0 Å². The van der Waals surface area contributed by atoms with Crippen LogP contribution in [0.25, 0.3) is 10.9 Å². The number of ether oxygens (including phenoxy) is 1. The van der Waals surface area contributed by atoms with Gasteiger partial charge >= 0.3 is 0 Å². The van der Waals surface area contributed by atoms with Crippen molar-refractivity contribution in [2.75, 3.05) is 19.7 Å². The summed E-state index contributed by atoms with van der Waals surface area (Å²) in [5, 5.41) is 4.57. The van der Waals surface area contributed by atoms with Crippen molar-refractivity contribution >= 4 is 10.9 Å². The van der Waals surface area contributed by atoms with Gasteiger partial charge in [0.05, 0.1) is 18.7 Å². The molecule has 1 N–H and O–H groups in total. The molecule has 4 heteroatoms. The number of aryl methyl sites for hydroxylation is 1. The van der Waals surface area contributed by atoms with Crippen LogP contribution < -0.4 is 5.32 Å². The summed E-state index contributed by atoms with van der Waals surface area (Å²) in [6, 6.07) is 15.3. The van der Waals surface area contributed by atoms with Crippen LogP contribution in [0.5, 0.6) is 0 Å². The fourth-order valence-electron chi connectivity index (χ4n) is 4.12. The summed E-state index contributed by atoms with van der Waals surface area (Å²) in [5.41, 5.74) is 4.44. The highest BCUT2D eigenvalue weighted by Crippen LogP contribution is 2.34. The summed E-state index contributed by atoms with van der Waals surface area (Å²) in [7, 11) is 0.